The Kier molecular flexibility index (Phi) is 5.88. The largest absolute Gasteiger partial charge is 0.478 e. The van der Waals surface area contributed by atoms with Gasteiger partial charge in [-0.05, 0) is 12.0 Å². The molecule has 3 heteroatoms. The maximum Gasteiger partial charge on any atom is 0.327 e. The van der Waals surface area contributed by atoms with E-state index in [0.717, 1.165) is 11.6 Å². The number of aliphatic carboxylic acids is 1. The van der Waals surface area contributed by atoms with Gasteiger partial charge >= 0.3 is 5.97 Å². The molecular formula is C15H18O3. The van der Waals surface area contributed by atoms with Gasteiger partial charge < -0.3 is 10.2 Å². The normalized spacial score (nSPS) is 15.0. The van der Waals surface area contributed by atoms with Crippen molar-refractivity contribution in [2.75, 3.05) is 0 Å². The summed E-state index contributed by atoms with van der Waals surface area (Å²) in [6.07, 6.45) is 6.17. The molecule has 0 aromatic heterocycles. The lowest BCUT2D eigenvalue weighted by atomic mass is 10.00. The molecule has 0 heterocycles. The van der Waals surface area contributed by atoms with Crippen molar-refractivity contribution in [3.8, 4) is 0 Å². The summed E-state index contributed by atoms with van der Waals surface area (Å²) >= 11 is 0. The first-order valence-electron chi connectivity index (χ1n) is 5.90. The van der Waals surface area contributed by atoms with E-state index < -0.39 is 12.1 Å². The van der Waals surface area contributed by atoms with Crippen molar-refractivity contribution >= 4 is 12.0 Å². The molecule has 0 spiro atoms. The van der Waals surface area contributed by atoms with Crippen LogP contribution in [0.15, 0.2) is 48.6 Å². The Morgan fingerprint density at radius 2 is 2.00 bits per heavy atom. The fraction of sp³-hybridized carbons (Fsp3) is 0.267. The van der Waals surface area contributed by atoms with E-state index in [9.17, 15) is 9.90 Å². The molecule has 0 fully saturated rings. The van der Waals surface area contributed by atoms with E-state index in [4.69, 9.17) is 5.11 Å². The second-order valence-electron chi connectivity index (χ2n) is 4.17. The van der Waals surface area contributed by atoms with Gasteiger partial charge in [-0.2, -0.15) is 0 Å². The van der Waals surface area contributed by atoms with Gasteiger partial charge in [0.1, 0.15) is 0 Å². The molecule has 18 heavy (non-hydrogen) atoms. The summed E-state index contributed by atoms with van der Waals surface area (Å²) in [4.78, 5) is 10.3. The Labute approximate surface area is 107 Å². The van der Waals surface area contributed by atoms with Crippen LogP contribution in [0.2, 0.25) is 0 Å². The first-order chi connectivity index (χ1) is 8.59. The van der Waals surface area contributed by atoms with Gasteiger partial charge in [0.2, 0.25) is 0 Å². The molecule has 3 nitrogen and oxygen atoms in total. The Morgan fingerprint density at radius 3 is 2.61 bits per heavy atom. The standard InChI is InChI=1S/C15H18O3/c1-12(14(16)8-5-9-15(17)18)10-11-13-6-3-2-4-7-13/h2-7,9-12,14,16H,8H2,1H3,(H,17,18)/b9-5+,11-10?/t12-,14+/m1/s1. The van der Waals surface area contributed by atoms with E-state index in [1.165, 1.54) is 6.08 Å². The van der Waals surface area contributed by atoms with Crippen LogP contribution in [0.1, 0.15) is 18.9 Å². The van der Waals surface area contributed by atoms with Gasteiger partial charge in [-0.15, -0.1) is 0 Å². The number of aliphatic hydroxyl groups excluding tert-OH is 1. The minimum absolute atomic E-state index is 0.0244. The maximum absolute atomic E-state index is 10.3. The number of aliphatic hydroxyl groups is 1. The lowest BCUT2D eigenvalue weighted by molar-refractivity contribution is -0.131. The molecular weight excluding hydrogens is 228 g/mol. The monoisotopic (exact) mass is 246 g/mol. The predicted molar refractivity (Wildman–Crippen MR) is 72.0 cm³/mol. The minimum atomic E-state index is -0.991. The van der Waals surface area contributed by atoms with Crippen LogP contribution in [-0.2, 0) is 4.79 Å². The van der Waals surface area contributed by atoms with E-state index in [0.29, 0.717) is 6.42 Å². The predicted octanol–water partition coefficient (Wildman–Crippen LogP) is 2.73. The number of carboxylic acid groups (broad SMARTS) is 1. The molecule has 0 radical (unpaired) electrons. The number of hydrogen-bond donors (Lipinski definition) is 2. The highest BCUT2D eigenvalue weighted by Gasteiger charge is 2.09. The molecule has 2 atom stereocenters. The quantitative estimate of drug-likeness (QED) is 0.759. The lowest BCUT2D eigenvalue weighted by Crippen LogP contribution is -2.14. The van der Waals surface area contributed by atoms with Crippen molar-refractivity contribution in [3.05, 3.63) is 54.1 Å². The third kappa shape index (κ3) is 5.46. The van der Waals surface area contributed by atoms with E-state index in [1.807, 2.05) is 49.4 Å². The number of hydrogen-bond acceptors (Lipinski definition) is 2. The highest BCUT2D eigenvalue weighted by molar-refractivity contribution is 5.79. The molecule has 0 saturated carbocycles. The van der Waals surface area contributed by atoms with Gasteiger partial charge in [0, 0.05) is 12.0 Å². The zero-order valence-corrected chi connectivity index (χ0v) is 10.4. The van der Waals surface area contributed by atoms with Crippen molar-refractivity contribution in [3.63, 3.8) is 0 Å². The van der Waals surface area contributed by atoms with E-state index in [2.05, 4.69) is 0 Å². The molecule has 0 unspecified atom stereocenters. The van der Waals surface area contributed by atoms with Crippen LogP contribution >= 0.6 is 0 Å². The van der Waals surface area contributed by atoms with Gasteiger partial charge in [0.15, 0.2) is 0 Å². The molecule has 0 aliphatic heterocycles. The van der Waals surface area contributed by atoms with Crippen molar-refractivity contribution in [1.29, 1.82) is 0 Å². The summed E-state index contributed by atoms with van der Waals surface area (Å²) in [5.74, 6) is -1.02. The number of rotatable bonds is 6. The van der Waals surface area contributed by atoms with E-state index in [1.54, 1.807) is 0 Å². The van der Waals surface area contributed by atoms with Gasteiger partial charge in [0.05, 0.1) is 6.10 Å². The summed E-state index contributed by atoms with van der Waals surface area (Å²) < 4.78 is 0. The van der Waals surface area contributed by atoms with E-state index >= 15 is 0 Å². The number of benzene rings is 1. The van der Waals surface area contributed by atoms with Crippen molar-refractivity contribution < 1.29 is 15.0 Å². The zero-order valence-electron chi connectivity index (χ0n) is 10.4. The van der Waals surface area contributed by atoms with Gasteiger partial charge in [-0.1, -0.05) is 55.5 Å². The van der Waals surface area contributed by atoms with Crippen LogP contribution in [0.5, 0.6) is 0 Å². The molecule has 0 bridgehead atoms. The maximum atomic E-state index is 10.3. The average molecular weight is 246 g/mol. The molecule has 1 aromatic carbocycles. The number of carboxylic acids is 1. The summed E-state index contributed by atoms with van der Waals surface area (Å²) in [5.41, 5.74) is 1.08. The summed E-state index contributed by atoms with van der Waals surface area (Å²) in [6, 6.07) is 9.83. The SMILES string of the molecule is C[C@H](C=Cc1ccccc1)[C@@H](O)C/C=C/C(=O)O. The van der Waals surface area contributed by atoms with Crippen molar-refractivity contribution in [1.82, 2.24) is 0 Å². The molecule has 0 aliphatic rings. The fourth-order valence-electron chi connectivity index (χ4n) is 1.48. The summed E-state index contributed by atoms with van der Waals surface area (Å²) in [7, 11) is 0. The lowest BCUT2D eigenvalue weighted by Gasteiger charge is -2.12. The first kappa shape index (κ1) is 14.2. The third-order valence-corrected chi connectivity index (χ3v) is 2.64. The molecule has 2 N–H and O–H groups in total. The van der Waals surface area contributed by atoms with Crippen LogP contribution in [0.4, 0.5) is 0 Å². The van der Waals surface area contributed by atoms with Crippen LogP contribution in [0.25, 0.3) is 6.08 Å². The molecule has 0 saturated heterocycles. The second-order valence-corrected chi connectivity index (χ2v) is 4.17. The molecule has 1 rings (SSSR count). The average Bonchev–Trinajstić information content (AvgIpc) is 2.36. The van der Waals surface area contributed by atoms with Gasteiger partial charge in [-0.25, -0.2) is 4.79 Å². The summed E-state index contributed by atoms with van der Waals surface area (Å²) in [6.45, 7) is 1.90. The van der Waals surface area contributed by atoms with Crippen LogP contribution < -0.4 is 0 Å². The van der Waals surface area contributed by atoms with Crippen LogP contribution in [-0.4, -0.2) is 22.3 Å². The number of carbonyl (C=O) groups is 1. The summed E-state index contributed by atoms with van der Waals surface area (Å²) in [5, 5.41) is 18.2. The third-order valence-electron chi connectivity index (χ3n) is 2.64. The highest BCUT2D eigenvalue weighted by atomic mass is 16.4. The van der Waals surface area contributed by atoms with Crippen LogP contribution in [0, 0.1) is 5.92 Å². The molecule has 0 amide bonds. The molecule has 96 valence electrons. The van der Waals surface area contributed by atoms with E-state index in [-0.39, 0.29) is 5.92 Å². The second kappa shape index (κ2) is 7.45. The van der Waals surface area contributed by atoms with Gasteiger partial charge in [0.25, 0.3) is 0 Å². The minimum Gasteiger partial charge on any atom is -0.478 e. The Morgan fingerprint density at radius 1 is 1.33 bits per heavy atom. The van der Waals surface area contributed by atoms with Crippen LogP contribution in [0.3, 0.4) is 0 Å². The first-order valence-corrected chi connectivity index (χ1v) is 5.90. The van der Waals surface area contributed by atoms with Crippen molar-refractivity contribution in [2.45, 2.75) is 19.4 Å². The Balaban J connectivity index is 2.47. The topological polar surface area (TPSA) is 57.5 Å². The smallest absolute Gasteiger partial charge is 0.327 e. The molecule has 1 aromatic rings. The Hall–Kier alpha value is -1.87. The molecule has 0 aliphatic carbocycles. The Bertz CT molecular complexity index is 421. The van der Waals surface area contributed by atoms with Gasteiger partial charge in [-0.3, -0.25) is 0 Å². The zero-order chi connectivity index (χ0) is 13.4. The fourth-order valence-corrected chi connectivity index (χ4v) is 1.48. The highest BCUT2D eigenvalue weighted by Crippen LogP contribution is 2.12. The van der Waals surface area contributed by atoms with Crippen molar-refractivity contribution in [2.24, 2.45) is 5.92 Å².